The van der Waals surface area contributed by atoms with Crippen molar-refractivity contribution in [2.45, 2.75) is 45.4 Å². The Bertz CT molecular complexity index is 245. The van der Waals surface area contributed by atoms with E-state index in [1.165, 1.54) is 38.6 Å². The number of nitrogens with zero attached hydrogens (tertiary/aromatic N) is 1. The van der Waals surface area contributed by atoms with E-state index in [2.05, 4.69) is 11.9 Å². The Kier molecular flexibility index (Phi) is 4.01. The maximum atomic E-state index is 11.5. The van der Waals surface area contributed by atoms with Crippen LogP contribution in [-0.4, -0.2) is 30.8 Å². The van der Waals surface area contributed by atoms with Crippen LogP contribution in [0.1, 0.15) is 45.4 Å². The van der Waals surface area contributed by atoms with Crippen LogP contribution in [0, 0.1) is 17.8 Å². The SMILES string of the molecule is CC(=O)[C@H]1CC(C2CCCCC2)CN(C)C1. The summed E-state index contributed by atoms with van der Waals surface area (Å²) in [5, 5.41) is 0. The molecule has 1 unspecified atom stereocenters. The van der Waals surface area contributed by atoms with Crippen molar-refractivity contribution in [2.75, 3.05) is 20.1 Å². The van der Waals surface area contributed by atoms with Crippen molar-refractivity contribution < 1.29 is 4.79 Å². The second-order valence-electron chi connectivity index (χ2n) is 5.92. The van der Waals surface area contributed by atoms with Crippen molar-refractivity contribution in [2.24, 2.45) is 17.8 Å². The molecule has 2 rings (SSSR count). The molecule has 0 amide bonds. The number of ketones is 1. The zero-order chi connectivity index (χ0) is 11.5. The van der Waals surface area contributed by atoms with E-state index in [0.717, 1.165) is 24.8 Å². The van der Waals surface area contributed by atoms with Crippen LogP contribution in [0.25, 0.3) is 0 Å². The third kappa shape index (κ3) is 2.85. The van der Waals surface area contributed by atoms with Crippen LogP contribution in [0.2, 0.25) is 0 Å². The Hall–Kier alpha value is -0.370. The quantitative estimate of drug-likeness (QED) is 0.717. The van der Waals surface area contributed by atoms with Crippen LogP contribution in [0.5, 0.6) is 0 Å². The van der Waals surface area contributed by atoms with E-state index in [9.17, 15) is 4.79 Å². The zero-order valence-electron chi connectivity index (χ0n) is 10.7. The molecular formula is C14H25NO. The Labute approximate surface area is 99.4 Å². The van der Waals surface area contributed by atoms with Gasteiger partial charge in [0.25, 0.3) is 0 Å². The Morgan fingerprint density at radius 3 is 2.38 bits per heavy atom. The molecule has 1 saturated carbocycles. The van der Waals surface area contributed by atoms with Gasteiger partial charge in [0.15, 0.2) is 0 Å². The predicted octanol–water partition coefficient (Wildman–Crippen LogP) is 2.72. The maximum Gasteiger partial charge on any atom is 0.134 e. The minimum absolute atomic E-state index is 0.311. The van der Waals surface area contributed by atoms with Gasteiger partial charge in [0, 0.05) is 19.0 Å². The molecule has 0 N–H and O–H groups in total. The Morgan fingerprint density at radius 2 is 1.75 bits per heavy atom. The summed E-state index contributed by atoms with van der Waals surface area (Å²) in [6.07, 6.45) is 8.22. The van der Waals surface area contributed by atoms with Gasteiger partial charge in [0.05, 0.1) is 0 Å². The zero-order valence-corrected chi connectivity index (χ0v) is 10.7. The fraction of sp³-hybridized carbons (Fsp3) is 0.929. The maximum absolute atomic E-state index is 11.5. The van der Waals surface area contributed by atoms with Gasteiger partial charge in [-0.1, -0.05) is 32.1 Å². The highest BCUT2D eigenvalue weighted by atomic mass is 16.1. The molecule has 2 fully saturated rings. The molecule has 0 aromatic carbocycles. The summed E-state index contributed by atoms with van der Waals surface area (Å²) in [6.45, 7) is 3.97. The largest absolute Gasteiger partial charge is 0.305 e. The number of rotatable bonds is 2. The molecule has 2 heteroatoms. The van der Waals surface area contributed by atoms with Crippen molar-refractivity contribution in [3.63, 3.8) is 0 Å². The second-order valence-corrected chi connectivity index (χ2v) is 5.92. The van der Waals surface area contributed by atoms with Crippen molar-refractivity contribution in [3.05, 3.63) is 0 Å². The molecule has 1 heterocycles. The molecule has 1 saturated heterocycles. The van der Waals surface area contributed by atoms with E-state index in [4.69, 9.17) is 0 Å². The molecule has 1 aliphatic heterocycles. The lowest BCUT2D eigenvalue weighted by Crippen LogP contribution is -2.43. The number of hydrogen-bond acceptors (Lipinski definition) is 2. The van der Waals surface area contributed by atoms with Crippen LogP contribution in [0.4, 0.5) is 0 Å². The summed E-state index contributed by atoms with van der Waals surface area (Å²) in [5.41, 5.74) is 0. The lowest BCUT2D eigenvalue weighted by atomic mass is 9.73. The van der Waals surface area contributed by atoms with Gasteiger partial charge in [0.2, 0.25) is 0 Å². The fourth-order valence-corrected chi connectivity index (χ4v) is 3.61. The highest BCUT2D eigenvalue weighted by Gasteiger charge is 2.33. The van der Waals surface area contributed by atoms with Crippen LogP contribution in [0.3, 0.4) is 0 Å². The van der Waals surface area contributed by atoms with Crippen LogP contribution in [-0.2, 0) is 4.79 Å². The first-order chi connectivity index (χ1) is 7.66. The number of Topliss-reactive ketones (excluding diaryl/α,β-unsaturated/α-hetero) is 1. The van der Waals surface area contributed by atoms with E-state index < -0.39 is 0 Å². The summed E-state index contributed by atoms with van der Waals surface area (Å²) in [4.78, 5) is 13.9. The van der Waals surface area contributed by atoms with E-state index >= 15 is 0 Å². The Morgan fingerprint density at radius 1 is 1.06 bits per heavy atom. The molecule has 92 valence electrons. The molecule has 0 spiro atoms. The van der Waals surface area contributed by atoms with Crippen molar-refractivity contribution in [1.29, 1.82) is 0 Å². The van der Waals surface area contributed by atoms with E-state index in [1.54, 1.807) is 6.92 Å². The van der Waals surface area contributed by atoms with Gasteiger partial charge in [-0.3, -0.25) is 4.79 Å². The third-order valence-corrected chi connectivity index (χ3v) is 4.56. The molecule has 2 aliphatic rings. The monoisotopic (exact) mass is 223 g/mol. The molecule has 1 aliphatic carbocycles. The minimum atomic E-state index is 0.311. The van der Waals surface area contributed by atoms with Gasteiger partial charge in [-0.15, -0.1) is 0 Å². The molecule has 0 aromatic heterocycles. The molecule has 0 aromatic rings. The number of carbonyl (C=O) groups is 1. The average Bonchev–Trinajstić information content (AvgIpc) is 2.29. The minimum Gasteiger partial charge on any atom is -0.305 e. The van der Waals surface area contributed by atoms with Crippen molar-refractivity contribution in [3.8, 4) is 0 Å². The molecule has 0 radical (unpaired) electrons. The van der Waals surface area contributed by atoms with E-state index in [1.807, 2.05) is 0 Å². The first kappa shape index (κ1) is 12.1. The number of hydrogen-bond donors (Lipinski definition) is 0. The molecular weight excluding hydrogens is 198 g/mol. The van der Waals surface area contributed by atoms with Gasteiger partial charge >= 0.3 is 0 Å². The number of likely N-dealkylation sites (tertiary alicyclic amines) is 1. The molecule has 0 bridgehead atoms. The predicted molar refractivity (Wildman–Crippen MR) is 66.4 cm³/mol. The first-order valence-corrected chi connectivity index (χ1v) is 6.86. The van der Waals surface area contributed by atoms with Gasteiger partial charge in [0.1, 0.15) is 5.78 Å². The van der Waals surface area contributed by atoms with Crippen LogP contribution in [0.15, 0.2) is 0 Å². The standard InChI is InChI=1S/C14H25NO/c1-11(16)13-8-14(10-15(2)9-13)12-6-4-3-5-7-12/h12-14H,3-10H2,1-2H3/t13-,14?/m0/s1. The summed E-state index contributed by atoms with van der Waals surface area (Å²) < 4.78 is 0. The molecule has 2 atom stereocenters. The normalized spacial score (nSPS) is 33.9. The van der Waals surface area contributed by atoms with Gasteiger partial charge < -0.3 is 4.90 Å². The second kappa shape index (κ2) is 5.31. The number of piperidine rings is 1. The first-order valence-electron chi connectivity index (χ1n) is 6.86. The highest BCUT2D eigenvalue weighted by Crippen LogP contribution is 2.36. The summed E-state index contributed by atoms with van der Waals surface area (Å²) >= 11 is 0. The highest BCUT2D eigenvalue weighted by molar-refractivity contribution is 5.78. The molecule has 16 heavy (non-hydrogen) atoms. The lowest BCUT2D eigenvalue weighted by molar-refractivity contribution is -0.123. The third-order valence-electron chi connectivity index (χ3n) is 4.56. The van der Waals surface area contributed by atoms with Gasteiger partial charge in [-0.05, 0) is 32.2 Å². The van der Waals surface area contributed by atoms with Gasteiger partial charge in [-0.2, -0.15) is 0 Å². The summed E-state index contributed by atoms with van der Waals surface area (Å²) in [6, 6.07) is 0. The lowest BCUT2D eigenvalue weighted by Gasteiger charge is -2.40. The van der Waals surface area contributed by atoms with Crippen LogP contribution < -0.4 is 0 Å². The van der Waals surface area contributed by atoms with Crippen molar-refractivity contribution >= 4 is 5.78 Å². The van der Waals surface area contributed by atoms with Crippen molar-refractivity contribution in [1.82, 2.24) is 4.90 Å². The summed E-state index contributed by atoms with van der Waals surface area (Å²) in [7, 11) is 2.17. The Balaban J connectivity index is 1.95. The van der Waals surface area contributed by atoms with E-state index in [0.29, 0.717) is 11.7 Å². The smallest absolute Gasteiger partial charge is 0.134 e. The number of carbonyl (C=O) groups excluding carboxylic acids is 1. The van der Waals surface area contributed by atoms with Crippen LogP contribution >= 0.6 is 0 Å². The van der Waals surface area contributed by atoms with E-state index in [-0.39, 0.29) is 0 Å². The molecule has 2 nitrogen and oxygen atoms in total. The average molecular weight is 223 g/mol. The fourth-order valence-electron chi connectivity index (χ4n) is 3.61. The summed E-state index contributed by atoms with van der Waals surface area (Å²) in [5.74, 6) is 2.39. The topological polar surface area (TPSA) is 20.3 Å². The van der Waals surface area contributed by atoms with Gasteiger partial charge in [-0.25, -0.2) is 0 Å².